The van der Waals surface area contributed by atoms with E-state index in [1.807, 2.05) is 20.8 Å². The molecule has 5 nitrogen and oxygen atoms in total. The summed E-state index contributed by atoms with van der Waals surface area (Å²) in [4.78, 5) is 26.8. The molecule has 0 saturated carbocycles. The van der Waals surface area contributed by atoms with E-state index in [0.717, 1.165) is 19.5 Å². The third kappa shape index (κ3) is 4.40. The van der Waals surface area contributed by atoms with Gasteiger partial charge in [-0.05, 0) is 39.0 Å². The number of nitrogens with zero attached hydrogens (tertiary/aromatic N) is 2. The smallest absolute Gasteiger partial charge is 0.323 e. The molecular weight excluding hydrogens is 244 g/mol. The summed E-state index contributed by atoms with van der Waals surface area (Å²) in [6, 6.07) is -0.159. The van der Waals surface area contributed by atoms with Gasteiger partial charge in [0.2, 0.25) is 0 Å². The van der Waals surface area contributed by atoms with Crippen LogP contribution in [0.15, 0.2) is 0 Å². The van der Waals surface area contributed by atoms with Gasteiger partial charge in [0, 0.05) is 18.6 Å². The van der Waals surface area contributed by atoms with E-state index in [4.69, 9.17) is 5.11 Å². The first-order valence-corrected chi connectivity index (χ1v) is 6.89. The van der Waals surface area contributed by atoms with Gasteiger partial charge in [-0.15, -0.1) is 0 Å². The molecule has 0 aromatic heterocycles. The number of hydrogen-bond donors (Lipinski definition) is 1. The lowest BCUT2D eigenvalue weighted by Gasteiger charge is -2.42. The molecule has 1 aliphatic heterocycles. The Morgan fingerprint density at radius 3 is 2.05 bits per heavy atom. The zero-order valence-corrected chi connectivity index (χ0v) is 12.6. The molecule has 1 saturated heterocycles. The third-order valence-corrected chi connectivity index (χ3v) is 3.47. The molecule has 0 bridgehead atoms. The Morgan fingerprint density at radius 2 is 1.68 bits per heavy atom. The average molecular weight is 270 g/mol. The fourth-order valence-electron chi connectivity index (χ4n) is 2.72. The van der Waals surface area contributed by atoms with E-state index in [9.17, 15) is 9.59 Å². The van der Waals surface area contributed by atoms with Crippen molar-refractivity contribution in [2.24, 2.45) is 11.8 Å². The van der Waals surface area contributed by atoms with Crippen molar-refractivity contribution in [3.63, 3.8) is 0 Å². The first kappa shape index (κ1) is 15.8. The molecule has 2 atom stereocenters. The summed E-state index contributed by atoms with van der Waals surface area (Å²) in [5.41, 5.74) is -0.487. The van der Waals surface area contributed by atoms with Gasteiger partial charge in [-0.2, -0.15) is 0 Å². The van der Waals surface area contributed by atoms with Gasteiger partial charge in [0.05, 0.1) is 0 Å². The summed E-state index contributed by atoms with van der Waals surface area (Å²) < 4.78 is 0. The SMILES string of the molecule is CC1CC(C)CN(C(=O)N(CC(=O)O)C(C)(C)C)C1. The van der Waals surface area contributed by atoms with Crippen LogP contribution < -0.4 is 0 Å². The van der Waals surface area contributed by atoms with Crippen LogP contribution in [0.5, 0.6) is 0 Å². The lowest BCUT2D eigenvalue weighted by atomic mass is 9.92. The number of hydrogen-bond acceptors (Lipinski definition) is 2. The number of rotatable bonds is 2. The van der Waals surface area contributed by atoms with Gasteiger partial charge in [0.25, 0.3) is 0 Å². The maximum Gasteiger partial charge on any atom is 0.323 e. The fourth-order valence-corrected chi connectivity index (χ4v) is 2.72. The maximum atomic E-state index is 12.6. The number of carboxylic acids is 1. The summed E-state index contributed by atoms with van der Waals surface area (Å²) in [5, 5.41) is 8.99. The molecule has 0 spiro atoms. The Hall–Kier alpha value is -1.26. The molecule has 1 rings (SSSR count). The normalized spacial score (nSPS) is 24.2. The van der Waals surface area contributed by atoms with Crippen molar-refractivity contribution < 1.29 is 14.7 Å². The largest absolute Gasteiger partial charge is 0.480 e. The van der Waals surface area contributed by atoms with Gasteiger partial charge in [0.1, 0.15) is 6.54 Å². The van der Waals surface area contributed by atoms with E-state index in [0.29, 0.717) is 11.8 Å². The van der Waals surface area contributed by atoms with Crippen molar-refractivity contribution in [1.29, 1.82) is 0 Å². The summed E-state index contributed by atoms with van der Waals surface area (Å²) in [6.45, 7) is 11.1. The van der Waals surface area contributed by atoms with Crippen LogP contribution in [0.25, 0.3) is 0 Å². The molecule has 19 heavy (non-hydrogen) atoms. The Labute approximate surface area is 115 Å². The predicted octanol–water partition coefficient (Wildman–Crippen LogP) is 2.27. The molecule has 0 aliphatic carbocycles. The van der Waals surface area contributed by atoms with E-state index in [1.54, 1.807) is 4.90 Å². The van der Waals surface area contributed by atoms with Gasteiger partial charge in [-0.3, -0.25) is 4.79 Å². The van der Waals surface area contributed by atoms with Crippen molar-refractivity contribution in [1.82, 2.24) is 9.80 Å². The fraction of sp³-hybridized carbons (Fsp3) is 0.857. The lowest BCUT2D eigenvalue weighted by Crippen LogP contribution is -2.56. The number of carbonyl (C=O) groups is 2. The van der Waals surface area contributed by atoms with Gasteiger partial charge in [-0.1, -0.05) is 13.8 Å². The number of piperidine rings is 1. The number of amides is 2. The van der Waals surface area contributed by atoms with Crippen LogP contribution in [-0.4, -0.2) is 52.1 Å². The molecule has 2 unspecified atom stereocenters. The molecule has 1 N–H and O–H groups in total. The number of likely N-dealkylation sites (tertiary alicyclic amines) is 1. The topological polar surface area (TPSA) is 60.9 Å². The molecule has 110 valence electrons. The zero-order chi connectivity index (χ0) is 14.8. The quantitative estimate of drug-likeness (QED) is 0.837. The predicted molar refractivity (Wildman–Crippen MR) is 74.0 cm³/mol. The highest BCUT2D eigenvalue weighted by atomic mass is 16.4. The van der Waals surface area contributed by atoms with E-state index in [-0.39, 0.29) is 12.6 Å². The van der Waals surface area contributed by atoms with E-state index < -0.39 is 11.5 Å². The molecule has 1 aliphatic rings. The molecule has 0 aromatic carbocycles. The first-order valence-electron chi connectivity index (χ1n) is 6.89. The van der Waals surface area contributed by atoms with Crippen LogP contribution in [0, 0.1) is 11.8 Å². The van der Waals surface area contributed by atoms with Crippen molar-refractivity contribution in [2.75, 3.05) is 19.6 Å². The van der Waals surface area contributed by atoms with Crippen LogP contribution in [0.4, 0.5) is 4.79 Å². The minimum absolute atomic E-state index is 0.159. The number of carboxylic acid groups (broad SMARTS) is 1. The highest BCUT2D eigenvalue weighted by Crippen LogP contribution is 2.24. The minimum Gasteiger partial charge on any atom is -0.480 e. The van der Waals surface area contributed by atoms with Crippen molar-refractivity contribution in [2.45, 2.75) is 46.6 Å². The Morgan fingerprint density at radius 1 is 1.21 bits per heavy atom. The molecule has 0 aromatic rings. The standard InChI is InChI=1S/C14H26N2O3/c1-10-6-11(2)8-15(7-10)13(19)16(9-12(17)18)14(3,4)5/h10-11H,6-9H2,1-5H3,(H,17,18). The van der Waals surface area contributed by atoms with Gasteiger partial charge in [0.15, 0.2) is 0 Å². The Bertz CT molecular complexity index is 339. The highest BCUT2D eigenvalue weighted by Gasteiger charge is 2.34. The highest BCUT2D eigenvalue weighted by molar-refractivity contribution is 5.81. The van der Waals surface area contributed by atoms with Crippen molar-refractivity contribution in [3.05, 3.63) is 0 Å². The molecule has 1 fully saturated rings. The van der Waals surface area contributed by atoms with E-state index in [2.05, 4.69) is 13.8 Å². The lowest BCUT2D eigenvalue weighted by molar-refractivity contribution is -0.138. The minimum atomic E-state index is -0.971. The summed E-state index contributed by atoms with van der Waals surface area (Å²) >= 11 is 0. The summed E-state index contributed by atoms with van der Waals surface area (Å²) in [5.74, 6) is -0.0277. The number of aliphatic carboxylic acids is 1. The van der Waals surface area contributed by atoms with Crippen LogP contribution in [0.1, 0.15) is 41.0 Å². The Kier molecular flexibility index (Phi) is 4.82. The maximum absolute atomic E-state index is 12.6. The molecule has 2 amide bonds. The van der Waals surface area contributed by atoms with Gasteiger partial charge < -0.3 is 14.9 Å². The monoisotopic (exact) mass is 270 g/mol. The molecule has 5 heteroatoms. The van der Waals surface area contributed by atoms with E-state index in [1.165, 1.54) is 4.90 Å². The summed E-state index contributed by atoms with van der Waals surface area (Å²) in [7, 11) is 0. The first-order chi connectivity index (χ1) is 8.61. The third-order valence-electron chi connectivity index (χ3n) is 3.47. The second-order valence-electron chi connectivity index (χ2n) is 6.78. The van der Waals surface area contributed by atoms with Crippen LogP contribution in [0.3, 0.4) is 0 Å². The van der Waals surface area contributed by atoms with Crippen LogP contribution >= 0.6 is 0 Å². The van der Waals surface area contributed by atoms with Crippen LogP contribution in [0.2, 0.25) is 0 Å². The molecule has 0 radical (unpaired) electrons. The molecule has 1 heterocycles. The second-order valence-corrected chi connectivity index (χ2v) is 6.78. The Balaban J connectivity index is 2.84. The number of carbonyl (C=O) groups excluding carboxylic acids is 1. The zero-order valence-electron chi connectivity index (χ0n) is 12.6. The molecular formula is C14H26N2O3. The van der Waals surface area contributed by atoms with Crippen molar-refractivity contribution in [3.8, 4) is 0 Å². The van der Waals surface area contributed by atoms with E-state index >= 15 is 0 Å². The van der Waals surface area contributed by atoms with Crippen molar-refractivity contribution >= 4 is 12.0 Å². The van der Waals surface area contributed by atoms with Gasteiger partial charge >= 0.3 is 12.0 Å². The second kappa shape index (κ2) is 5.80. The number of urea groups is 1. The van der Waals surface area contributed by atoms with Gasteiger partial charge in [-0.25, -0.2) is 4.79 Å². The van der Waals surface area contributed by atoms with Crippen LogP contribution in [-0.2, 0) is 4.79 Å². The summed E-state index contributed by atoms with van der Waals surface area (Å²) in [6.07, 6.45) is 1.12. The average Bonchev–Trinajstić information content (AvgIpc) is 2.21.